The highest BCUT2D eigenvalue weighted by molar-refractivity contribution is 6.41. The molecule has 0 spiro atoms. The number of H-pyrrole nitrogens is 1. The third-order valence-corrected chi connectivity index (χ3v) is 1.21. The number of ketones is 1. The fourth-order valence-corrected chi connectivity index (χ4v) is 0.707. The van der Waals surface area contributed by atoms with E-state index in [1.54, 1.807) is 0 Å². The molecule has 13 heavy (non-hydrogen) atoms. The largest absolute Gasteiger partial charge is 0.513 e. The molecule has 1 heterocycles. The number of carbonyl (C=O) groups is 3. The first kappa shape index (κ1) is 8.98. The van der Waals surface area contributed by atoms with Crippen LogP contribution in [0.3, 0.4) is 0 Å². The second-order valence-electron chi connectivity index (χ2n) is 2.07. The van der Waals surface area contributed by atoms with Gasteiger partial charge in [0.1, 0.15) is 0 Å². The monoisotopic (exact) mass is 183 g/mol. The zero-order valence-corrected chi connectivity index (χ0v) is 6.31. The highest BCUT2D eigenvalue weighted by Crippen LogP contribution is 1.97. The van der Waals surface area contributed by atoms with Crippen molar-refractivity contribution in [1.29, 1.82) is 0 Å². The number of carboxylic acid groups (broad SMARTS) is 1. The van der Waals surface area contributed by atoms with Crippen molar-refractivity contribution in [3.8, 4) is 0 Å². The van der Waals surface area contributed by atoms with Crippen LogP contribution in [0.5, 0.6) is 0 Å². The number of aromatic amines is 1. The Bertz CT molecular complexity index is 340. The van der Waals surface area contributed by atoms with Crippen molar-refractivity contribution >= 4 is 17.9 Å². The number of nitrogens with one attached hydrogen (secondary N) is 1. The molecule has 0 saturated heterocycles. The van der Waals surface area contributed by atoms with Gasteiger partial charge in [0.15, 0.2) is 0 Å². The molecule has 0 aliphatic heterocycles. The third kappa shape index (κ3) is 2.16. The molecule has 0 aliphatic rings. The van der Waals surface area contributed by atoms with Crippen molar-refractivity contribution in [2.75, 3.05) is 0 Å². The summed E-state index contributed by atoms with van der Waals surface area (Å²) >= 11 is 0. The fourth-order valence-electron chi connectivity index (χ4n) is 0.707. The molecule has 2 N–H and O–H groups in total. The Morgan fingerprint density at radius 1 is 1.38 bits per heavy atom. The van der Waals surface area contributed by atoms with Gasteiger partial charge in [0.25, 0.3) is 5.78 Å². The van der Waals surface area contributed by atoms with Crippen LogP contribution < -0.4 is 0 Å². The lowest BCUT2D eigenvalue weighted by Crippen LogP contribution is -2.20. The highest BCUT2D eigenvalue weighted by Gasteiger charge is 2.21. The number of aromatic nitrogens is 1. The van der Waals surface area contributed by atoms with E-state index in [2.05, 4.69) is 9.72 Å². The number of hydrogen-bond donors (Lipinski definition) is 2. The van der Waals surface area contributed by atoms with Gasteiger partial charge in [0.05, 0.1) is 5.69 Å². The Morgan fingerprint density at radius 3 is 2.54 bits per heavy atom. The summed E-state index contributed by atoms with van der Waals surface area (Å²) in [5.74, 6) is -2.44. The van der Waals surface area contributed by atoms with E-state index in [1.807, 2.05) is 0 Å². The van der Waals surface area contributed by atoms with Crippen molar-refractivity contribution in [3.63, 3.8) is 0 Å². The molecular formula is C7H5NO5. The van der Waals surface area contributed by atoms with Crippen LogP contribution in [0.15, 0.2) is 18.3 Å². The van der Waals surface area contributed by atoms with E-state index in [-0.39, 0.29) is 5.69 Å². The first-order valence-electron chi connectivity index (χ1n) is 3.24. The molecule has 0 fully saturated rings. The van der Waals surface area contributed by atoms with Crippen LogP contribution in [0.2, 0.25) is 0 Å². The molecule has 0 saturated carbocycles. The molecule has 1 aromatic rings. The van der Waals surface area contributed by atoms with Crippen LogP contribution >= 0.6 is 0 Å². The number of hydrogen-bond acceptors (Lipinski definition) is 4. The van der Waals surface area contributed by atoms with E-state index < -0.39 is 17.9 Å². The molecule has 0 bridgehead atoms. The maximum Gasteiger partial charge on any atom is 0.513 e. The van der Waals surface area contributed by atoms with Gasteiger partial charge in [0.2, 0.25) is 0 Å². The second-order valence-corrected chi connectivity index (χ2v) is 2.07. The molecule has 0 atom stereocenters. The molecule has 0 radical (unpaired) electrons. The maximum atomic E-state index is 11.0. The zero-order valence-electron chi connectivity index (χ0n) is 6.31. The smallest absolute Gasteiger partial charge is 0.449 e. The van der Waals surface area contributed by atoms with Crippen LogP contribution in [0.25, 0.3) is 0 Å². The van der Waals surface area contributed by atoms with Gasteiger partial charge in [-0.25, -0.2) is 9.59 Å². The maximum absolute atomic E-state index is 11.0. The Kier molecular flexibility index (Phi) is 2.44. The van der Waals surface area contributed by atoms with Gasteiger partial charge in [-0.05, 0) is 12.1 Å². The molecule has 1 aromatic heterocycles. The number of carbonyl (C=O) groups excluding carboxylic acids is 2. The molecule has 0 aromatic carbocycles. The summed E-state index contributed by atoms with van der Waals surface area (Å²) in [5.41, 5.74) is -0.00810. The quantitative estimate of drug-likeness (QED) is 0.299. The zero-order chi connectivity index (χ0) is 9.84. The molecule has 0 amide bonds. The lowest BCUT2D eigenvalue weighted by molar-refractivity contribution is -0.133. The summed E-state index contributed by atoms with van der Waals surface area (Å²) in [5, 5.41) is 8.02. The Labute approximate surface area is 72.1 Å². The van der Waals surface area contributed by atoms with Crippen molar-refractivity contribution in [1.82, 2.24) is 4.98 Å². The molecule has 6 nitrogen and oxygen atoms in total. The van der Waals surface area contributed by atoms with Crippen molar-refractivity contribution in [3.05, 3.63) is 24.0 Å². The predicted octanol–water partition coefficient (Wildman–Crippen LogP) is 0.419. The van der Waals surface area contributed by atoms with Gasteiger partial charge >= 0.3 is 12.1 Å². The first-order chi connectivity index (χ1) is 6.11. The first-order valence-corrected chi connectivity index (χ1v) is 3.24. The van der Waals surface area contributed by atoms with Crippen molar-refractivity contribution in [2.45, 2.75) is 0 Å². The summed E-state index contributed by atoms with van der Waals surface area (Å²) < 4.78 is 3.64. The summed E-state index contributed by atoms with van der Waals surface area (Å²) in [6, 6.07) is 2.84. The third-order valence-electron chi connectivity index (χ3n) is 1.21. The molecule has 68 valence electrons. The fraction of sp³-hybridized carbons (Fsp3) is 0. The lowest BCUT2D eigenvalue weighted by atomic mass is 10.3. The van der Waals surface area contributed by atoms with Gasteiger partial charge < -0.3 is 14.8 Å². The van der Waals surface area contributed by atoms with E-state index in [1.165, 1.54) is 18.3 Å². The topological polar surface area (TPSA) is 96.5 Å². The minimum Gasteiger partial charge on any atom is -0.449 e. The van der Waals surface area contributed by atoms with E-state index in [9.17, 15) is 14.4 Å². The minimum absolute atomic E-state index is 0.00810. The molecule has 1 rings (SSSR count). The lowest BCUT2D eigenvalue weighted by Gasteiger charge is -1.94. The highest BCUT2D eigenvalue weighted by atomic mass is 16.7. The molecule has 6 heteroatoms. The van der Waals surface area contributed by atoms with Crippen molar-refractivity contribution in [2.24, 2.45) is 0 Å². The summed E-state index contributed by atoms with van der Waals surface area (Å²) in [6.45, 7) is 0. The standard InChI is InChI=1S/C7H5NO5/c9-5(4-2-1-3-8-4)6(10)13-7(11)12/h1-3,8H,(H,11,12). The van der Waals surface area contributed by atoms with Gasteiger partial charge in [-0.3, -0.25) is 4.79 Å². The second kappa shape index (κ2) is 3.53. The number of Topliss-reactive ketones (excluding diaryl/α,β-unsaturated/α-hetero) is 1. The number of ether oxygens (including phenoxy) is 1. The van der Waals surface area contributed by atoms with E-state index in [4.69, 9.17) is 5.11 Å². The van der Waals surface area contributed by atoms with Gasteiger partial charge in [-0.1, -0.05) is 0 Å². The van der Waals surface area contributed by atoms with Crippen LogP contribution in [-0.2, 0) is 9.53 Å². The number of rotatable bonds is 2. The Morgan fingerprint density at radius 2 is 2.08 bits per heavy atom. The molecule has 0 aliphatic carbocycles. The van der Waals surface area contributed by atoms with Crippen LogP contribution in [0.4, 0.5) is 4.79 Å². The van der Waals surface area contributed by atoms with E-state index in [0.29, 0.717) is 0 Å². The summed E-state index contributed by atoms with van der Waals surface area (Å²) in [4.78, 5) is 34.0. The Hall–Kier alpha value is -2.11. The van der Waals surface area contributed by atoms with Crippen molar-refractivity contribution < 1.29 is 24.2 Å². The average Bonchev–Trinajstić information content (AvgIpc) is 2.53. The van der Waals surface area contributed by atoms with E-state index in [0.717, 1.165) is 0 Å². The predicted molar refractivity (Wildman–Crippen MR) is 39.2 cm³/mol. The van der Waals surface area contributed by atoms with Gasteiger partial charge in [-0.2, -0.15) is 0 Å². The number of esters is 1. The molecular weight excluding hydrogens is 178 g/mol. The summed E-state index contributed by atoms with van der Waals surface area (Å²) in [7, 11) is 0. The van der Waals surface area contributed by atoms with Gasteiger partial charge in [-0.15, -0.1) is 0 Å². The molecule has 0 unspecified atom stereocenters. The van der Waals surface area contributed by atoms with Crippen LogP contribution in [-0.4, -0.2) is 28.0 Å². The Balaban J connectivity index is 2.69. The minimum atomic E-state index is -1.80. The summed E-state index contributed by atoms with van der Waals surface area (Å²) in [6.07, 6.45) is -0.369. The van der Waals surface area contributed by atoms with Crippen LogP contribution in [0, 0.1) is 0 Å². The average molecular weight is 183 g/mol. The van der Waals surface area contributed by atoms with E-state index >= 15 is 0 Å². The van der Waals surface area contributed by atoms with Crippen LogP contribution in [0.1, 0.15) is 10.5 Å². The normalized spacial score (nSPS) is 9.23. The SMILES string of the molecule is O=C(O)OC(=O)C(=O)c1ccc[nH]1. The van der Waals surface area contributed by atoms with Gasteiger partial charge in [0, 0.05) is 6.20 Å².